The predicted molar refractivity (Wildman–Crippen MR) is 105 cm³/mol. The highest BCUT2D eigenvalue weighted by atomic mass is 16.2. The topological polar surface area (TPSA) is 86.5 Å². The van der Waals surface area contributed by atoms with Crippen LogP contribution in [0.1, 0.15) is 48.0 Å². The quantitative estimate of drug-likeness (QED) is 0.518. The van der Waals surface area contributed by atoms with Crippen LogP contribution in [0.15, 0.2) is 48.5 Å². The Morgan fingerprint density at radius 3 is 2.37 bits per heavy atom. The van der Waals surface area contributed by atoms with Gasteiger partial charge in [-0.15, -0.1) is 0 Å². The number of benzene rings is 2. The molecule has 27 heavy (non-hydrogen) atoms. The number of aromatic amines is 2. The van der Waals surface area contributed by atoms with Gasteiger partial charge < -0.3 is 15.3 Å². The van der Waals surface area contributed by atoms with E-state index in [1.807, 2.05) is 42.5 Å². The van der Waals surface area contributed by atoms with Gasteiger partial charge >= 0.3 is 0 Å². The van der Waals surface area contributed by atoms with Crippen LogP contribution in [0.2, 0.25) is 0 Å². The number of nitrogens with one attached hydrogen (secondary N) is 3. The molecule has 2 aromatic heterocycles. The van der Waals surface area contributed by atoms with Crippen LogP contribution < -0.4 is 5.32 Å². The molecule has 1 aliphatic carbocycles. The van der Waals surface area contributed by atoms with E-state index >= 15 is 0 Å². The van der Waals surface area contributed by atoms with Crippen molar-refractivity contribution in [1.29, 1.82) is 0 Å². The van der Waals surface area contributed by atoms with Crippen LogP contribution >= 0.6 is 0 Å². The van der Waals surface area contributed by atoms with Gasteiger partial charge in [0.1, 0.15) is 5.82 Å². The summed E-state index contributed by atoms with van der Waals surface area (Å²) in [5.41, 5.74) is 3.76. The molecule has 2 aromatic carbocycles. The Hall–Kier alpha value is -3.15. The summed E-state index contributed by atoms with van der Waals surface area (Å²) in [6.07, 6.45) is 4.05. The lowest BCUT2D eigenvalue weighted by molar-refractivity contribution is 0.0915. The van der Waals surface area contributed by atoms with E-state index in [9.17, 15) is 4.79 Å². The smallest absolute Gasteiger partial charge is 0.287 e. The average molecular weight is 359 g/mol. The van der Waals surface area contributed by atoms with Crippen molar-refractivity contribution >= 4 is 28.0 Å². The van der Waals surface area contributed by atoms with Gasteiger partial charge in [0, 0.05) is 12.0 Å². The Bertz CT molecular complexity index is 1050. The zero-order valence-corrected chi connectivity index (χ0v) is 14.9. The van der Waals surface area contributed by atoms with Gasteiger partial charge in [-0.25, -0.2) is 9.97 Å². The minimum Gasteiger partial charge on any atom is -0.347 e. The van der Waals surface area contributed by atoms with E-state index in [0.717, 1.165) is 53.6 Å². The zero-order chi connectivity index (χ0) is 18.2. The average Bonchev–Trinajstić information content (AvgIpc) is 3.32. The Morgan fingerprint density at radius 2 is 1.63 bits per heavy atom. The second kappa shape index (κ2) is 6.54. The Balaban J connectivity index is 1.31. The van der Waals surface area contributed by atoms with E-state index in [1.54, 1.807) is 0 Å². The van der Waals surface area contributed by atoms with Crippen LogP contribution in [0, 0.1) is 0 Å². The summed E-state index contributed by atoms with van der Waals surface area (Å²) in [5, 5.41) is 3.16. The normalized spacial score (nSPS) is 20.1. The molecule has 1 amide bonds. The minimum atomic E-state index is -0.138. The highest BCUT2D eigenvalue weighted by Gasteiger charge is 2.27. The lowest BCUT2D eigenvalue weighted by Crippen LogP contribution is -2.38. The predicted octanol–water partition coefficient (Wildman–Crippen LogP) is 3.90. The molecule has 2 atom stereocenters. The molecule has 5 rings (SSSR count). The van der Waals surface area contributed by atoms with Crippen LogP contribution in [0.4, 0.5) is 0 Å². The van der Waals surface area contributed by atoms with Gasteiger partial charge in [0.2, 0.25) is 0 Å². The summed E-state index contributed by atoms with van der Waals surface area (Å²) in [6, 6.07) is 15.9. The molecule has 4 aromatic rings. The van der Waals surface area contributed by atoms with Gasteiger partial charge in [-0.2, -0.15) is 0 Å². The molecule has 6 nitrogen and oxygen atoms in total. The fourth-order valence-corrected chi connectivity index (χ4v) is 4.05. The largest absolute Gasteiger partial charge is 0.347 e. The summed E-state index contributed by atoms with van der Waals surface area (Å²) in [6.45, 7) is 0. The van der Waals surface area contributed by atoms with Crippen LogP contribution in [0.3, 0.4) is 0 Å². The van der Waals surface area contributed by atoms with Crippen molar-refractivity contribution in [2.24, 2.45) is 0 Å². The first-order valence-electron chi connectivity index (χ1n) is 9.46. The lowest BCUT2D eigenvalue weighted by atomic mass is 9.85. The SMILES string of the molecule is O=C(N[C@@H]1CCC[C@H](c2nc3ccccc3[nH]2)C1)c1nc2ccccc2[nH]1. The summed E-state index contributed by atoms with van der Waals surface area (Å²) in [7, 11) is 0. The number of carbonyl (C=O) groups is 1. The maximum atomic E-state index is 12.6. The second-order valence-corrected chi connectivity index (χ2v) is 7.28. The fourth-order valence-electron chi connectivity index (χ4n) is 4.05. The van der Waals surface area contributed by atoms with E-state index in [0.29, 0.717) is 11.7 Å². The zero-order valence-electron chi connectivity index (χ0n) is 14.9. The first kappa shape index (κ1) is 16.1. The molecule has 0 aliphatic heterocycles. The molecule has 1 fully saturated rings. The third-order valence-corrected chi connectivity index (χ3v) is 5.41. The van der Waals surface area contributed by atoms with Crippen LogP contribution in [0.5, 0.6) is 0 Å². The molecule has 1 aliphatic rings. The van der Waals surface area contributed by atoms with Gasteiger partial charge in [0.25, 0.3) is 5.91 Å². The summed E-state index contributed by atoms with van der Waals surface area (Å²) in [4.78, 5) is 28.3. The van der Waals surface area contributed by atoms with E-state index in [1.165, 1.54) is 0 Å². The molecule has 0 bridgehead atoms. The summed E-state index contributed by atoms with van der Waals surface area (Å²) < 4.78 is 0. The van der Waals surface area contributed by atoms with Gasteiger partial charge in [-0.1, -0.05) is 30.7 Å². The van der Waals surface area contributed by atoms with Crippen molar-refractivity contribution in [3.05, 3.63) is 60.2 Å². The van der Waals surface area contributed by atoms with Crippen LogP contribution in [0.25, 0.3) is 22.1 Å². The molecule has 1 saturated carbocycles. The number of hydrogen-bond acceptors (Lipinski definition) is 3. The van der Waals surface area contributed by atoms with Crippen molar-refractivity contribution in [3.63, 3.8) is 0 Å². The molecular formula is C21H21N5O. The van der Waals surface area contributed by atoms with Gasteiger partial charge in [-0.3, -0.25) is 4.79 Å². The maximum Gasteiger partial charge on any atom is 0.287 e. The van der Waals surface area contributed by atoms with Gasteiger partial charge in [-0.05, 0) is 43.5 Å². The molecule has 136 valence electrons. The van der Waals surface area contributed by atoms with Crippen LogP contribution in [-0.2, 0) is 0 Å². The van der Waals surface area contributed by atoms with Crippen LogP contribution in [-0.4, -0.2) is 31.9 Å². The lowest BCUT2D eigenvalue weighted by Gasteiger charge is -2.28. The van der Waals surface area contributed by atoms with Crippen molar-refractivity contribution in [3.8, 4) is 0 Å². The highest BCUT2D eigenvalue weighted by Crippen LogP contribution is 2.32. The number of rotatable bonds is 3. The second-order valence-electron chi connectivity index (χ2n) is 7.28. The highest BCUT2D eigenvalue weighted by molar-refractivity contribution is 5.94. The van der Waals surface area contributed by atoms with E-state index in [2.05, 4.69) is 26.3 Å². The number of aromatic nitrogens is 4. The van der Waals surface area contributed by atoms with E-state index < -0.39 is 0 Å². The van der Waals surface area contributed by atoms with E-state index in [4.69, 9.17) is 4.98 Å². The Kier molecular flexibility index (Phi) is 3.89. The first-order chi connectivity index (χ1) is 13.3. The number of amides is 1. The molecule has 0 radical (unpaired) electrons. The number of nitrogens with zero attached hydrogens (tertiary/aromatic N) is 2. The van der Waals surface area contributed by atoms with Crippen molar-refractivity contribution in [1.82, 2.24) is 25.3 Å². The Morgan fingerprint density at radius 1 is 0.926 bits per heavy atom. The summed E-state index contributed by atoms with van der Waals surface area (Å²) in [5.74, 6) is 1.61. The molecule has 2 heterocycles. The third kappa shape index (κ3) is 3.07. The number of imidazole rings is 2. The fraction of sp³-hybridized carbons (Fsp3) is 0.286. The number of fused-ring (bicyclic) bond motifs is 2. The minimum absolute atomic E-state index is 0.137. The summed E-state index contributed by atoms with van der Waals surface area (Å²) >= 11 is 0. The van der Waals surface area contributed by atoms with Crippen molar-refractivity contribution in [2.75, 3.05) is 0 Å². The molecular weight excluding hydrogens is 338 g/mol. The molecule has 0 unspecified atom stereocenters. The monoisotopic (exact) mass is 359 g/mol. The molecule has 6 heteroatoms. The third-order valence-electron chi connectivity index (χ3n) is 5.41. The molecule has 3 N–H and O–H groups in total. The standard InChI is InChI=1S/C21H21N5O/c27-21(20-25-17-10-3-4-11-18(17)26-20)22-14-7-5-6-13(12-14)19-23-15-8-1-2-9-16(15)24-19/h1-4,8-11,13-14H,5-7,12H2,(H,22,27)(H,23,24)(H,25,26)/t13-,14+/m0/s1. The molecule has 0 saturated heterocycles. The van der Waals surface area contributed by atoms with E-state index in [-0.39, 0.29) is 11.9 Å². The number of para-hydroxylation sites is 4. The van der Waals surface area contributed by atoms with Crippen molar-refractivity contribution < 1.29 is 4.79 Å². The van der Waals surface area contributed by atoms with Gasteiger partial charge in [0.15, 0.2) is 5.82 Å². The number of carbonyl (C=O) groups excluding carboxylic acids is 1. The Labute approximate surface area is 156 Å². The first-order valence-corrected chi connectivity index (χ1v) is 9.46. The maximum absolute atomic E-state index is 12.6. The molecule has 0 spiro atoms. The van der Waals surface area contributed by atoms with Crippen molar-refractivity contribution in [2.45, 2.75) is 37.6 Å². The number of H-pyrrole nitrogens is 2. The number of hydrogen-bond donors (Lipinski definition) is 3. The van der Waals surface area contributed by atoms with Gasteiger partial charge in [0.05, 0.1) is 22.1 Å².